The summed E-state index contributed by atoms with van der Waals surface area (Å²) < 4.78 is 0. The number of amides is 6. The lowest BCUT2D eigenvalue weighted by molar-refractivity contribution is -0.142. The van der Waals surface area contributed by atoms with Gasteiger partial charge in [-0.25, -0.2) is 4.79 Å². The van der Waals surface area contributed by atoms with Crippen molar-refractivity contribution in [1.82, 2.24) is 31.5 Å². The van der Waals surface area contributed by atoms with Gasteiger partial charge in [0.05, 0.1) is 12.8 Å². The Labute approximate surface area is 249 Å². The van der Waals surface area contributed by atoms with Crippen LogP contribution < -0.4 is 26.6 Å². The second kappa shape index (κ2) is 16.3. The molecule has 0 aliphatic carbocycles. The molecule has 240 valence electrons. The molecular formula is C29H52N6O7. The first-order valence-corrected chi connectivity index (χ1v) is 14.8. The number of carbonyl (C=O) groups excluding carboxylic acids is 5. The van der Waals surface area contributed by atoms with Gasteiger partial charge in [-0.15, -0.1) is 0 Å². The lowest BCUT2D eigenvalue weighted by atomic mass is 9.86. The zero-order chi connectivity index (χ0) is 32.3. The van der Waals surface area contributed by atoms with E-state index in [1.807, 2.05) is 34.6 Å². The van der Waals surface area contributed by atoms with Crippen LogP contribution >= 0.6 is 0 Å². The van der Waals surface area contributed by atoms with Crippen LogP contribution in [0.2, 0.25) is 0 Å². The molecule has 0 radical (unpaired) electrons. The Morgan fingerprint density at radius 1 is 0.738 bits per heavy atom. The third kappa shape index (κ3) is 13.1. The fourth-order valence-corrected chi connectivity index (χ4v) is 4.39. The maximum atomic E-state index is 13.5. The molecule has 0 bridgehead atoms. The van der Waals surface area contributed by atoms with E-state index in [1.165, 1.54) is 0 Å². The maximum Gasteiger partial charge on any atom is 0.315 e. The average molecular weight is 597 g/mol. The molecule has 0 spiro atoms. The second-order valence-corrected chi connectivity index (χ2v) is 13.2. The number of nitrogens with one attached hydrogen (secondary N) is 5. The van der Waals surface area contributed by atoms with E-state index >= 15 is 0 Å². The van der Waals surface area contributed by atoms with Crippen molar-refractivity contribution >= 4 is 35.6 Å². The number of carboxylic acid groups (broad SMARTS) is 1. The number of urea groups is 1. The quantitative estimate of drug-likeness (QED) is 0.175. The minimum absolute atomic E-state index is 0.0825. The standard InChI is InChI=1S/C29H52N6O7/c1-9-18(10-2)31-27(42)34-23(29(6,7)8)26(41)33-19(15-21(36)35-13-11-12-14-35)25(40)32-20(16-22(37)38)24(39)30-17-28(3,4)5/h18-20,23H,9-17H2,1-8H3,(H,30,39)(H,32,40)(H,33,41)(H,37,38)(H2,31,34,42). The van der Waals surface area contributed by atoms with Crippen LogP contribution in [-0.4, -0.2) is 89.4 Å². The highest BCUT2D eigenvalue weighted by Crippen LogP contribution is 2.20. The van der Waals surface area contributed by atoms with Gasteiger partial charge in [0.15, 0.2) is 0 Å². The number of aliphatic carboxylic acids is 1. The van der Waals surface area contributed by atoms with Crippen LogP contribution in [0.1, 0.15) is 93.9 Å². The normalized spacial score (nSPS) is 15.8. The average Bonchev–Trinajstić information content (AvgIpc) is 3.42. The van der Waals surface area contributed by atoms with E-state index in [-0.39, 0.29) is 23.9 Å². The molecule has 0 aromatic carbocycles. The third-order valence-electron chi connectivity index (χ3n) is 7.00. The van der Waals surface area contributed by atoms with Crippen molar-refractivity contribution in [1.29, 1.82) is 0 Å². The molecule has 0 aromatic rings. The van der Waals surface area contributed by atoms with Gasteiger partial charge in [-0.3, -0.25) is 24.0 Å². The topological polar surface area (TPSA) is 186 Å². The van der Waals surface area contributed by atoms with Crippen LogP contribution in [0.4, 0.5) is 4.79 Å². The van der Waals surface area contributed by atoms with Gasteiger partial charge >= 0.3 is 12.0 Å². The molecule has 1 saturated heterocycles. The van der Waals surface area contributed by atoms with E-state index in [1.54, 1.807) is 25.7 Å². The zero-order valence-corrected chi connectivity index (χ0v) is 26.5. The molecule has 1 aliphatic heterocycles. The molecule has 1 heterocycles. The Balaban J connectivity index is 3.22. The number of nitrogens with zero attached hydrogens (tertiary/aromatic N) is 1. The summed E-state index contributed by atoms with van der Waals surface area (Å²) in [5.74, 6) is -3.92. The Morgan fingerprint density at radius 3 is 1.74 bits per heavy atom. The molecular weight excluding hydrogens is 544 g/mol. The van der Waals surface area contributed by atoms with Gasteiger partial charge in [-0.05, 0) is 36.5 Å². The smallest absolute Gasteiger partial charge is 0.315 e. The number of carboxylic acids is 1. The molecule has 1 rings (SSSR count). The fourth-order valence-electron chi connectivity index (χ4n) is 4.39. The van der Waals surface area contributed by atoms with Crippen molar-refractivity contribution in [3.8, 4) is 0 Å². The molecule has 6 N–H and O–H groups in total. The monoisotopic (exact) mass is 596 g/mol. The van der Waals surface area contributed by atoms with Crippen LogP contribution in [-0.2, 0) is 24.0 Å². The molecule has 13 nitrogen and oxygen atoms in total. The molecule has 1 fully saturated rings. The first-order chi connectivity index (χ1) is 19.4. The largest absolute Gasteiger partial charge is 0.481 e. The number of rotatable bonds is 14. The minimum atomic E-state index is -1.43. The maximum absolute atomic E-state index is 13.5. The Hall–Kier alpha value is -3.38. The van der Waals surface area contributed by atoms with Gasteiger partial charge in [0.2, 0.25) is 23.6 Å². The molecule has 0 aromatic heterocycles. The lowest BCUT2D eigenvalue weighted by Crippen LogP contribution is -2.61. The van der Waals surface area contributed by atoms with Gasteiger partial charge in [-0.2, -0.15) is 0 Å². The van der Waals surface area contributed by atoms with Crippen LogP contribution in [0.3, 0.4) is 0 Å². The zero-order valence-electron chi connectivity index (χ0n) is 26.5. The Kier molecular flexibility index (Phi) is 14.2. The van der Waals surface area contributed by atoms with Crippen LogP contribution in [0.25, 0.3) is 0 Å². The van der Waals surface area contributed by atoms with Gasteiger partial charge in [0, 0.05) is 25.7 Å². The highest BCUT2D eigenvalue weighted by atomic mass is 16.4. The molecule has 3 atom stereocenters. The molecule has 13 heteroatoms. The summed E-state index contributed by atoms with van der Waals surface area (Å²) in [7, 11) is 0. The molecule has 42 heavy (non-hydrogen) atoms. The summed E-state index contributed by atoms with van der Waals surface area (Å²) in [6.07, 6.45) is 1.98. The van der Waals surface area contributed by atoms with Crippen LogP contribution in [0.5, 0.6) is 0 Å². The van der Waals surface area contributed by atoms with Gasteiger partial charge < -0.3 is 36.6 Å². The summed E-state index contributed by atoms with van der Waals surface area (Å²) in [4.78, 5) is 78.7. The third-order valence-corrected chi connectivity index (χ3v) is 7.00. The highest BCUT2D eigenvalue weighted by Gasteiger charge is 2.37. The lowest BCUT2D eigenvalue weighted by Gasteiger charge is -2.32. The van der Waals surface area contributed by atoms with Gasteiger partial charge in [0.1, 0.15) is 18.1 Å². The van der Waals surface area contributed by atoms with Crippen molar-refractivity contribution in [2.24, 2.45) is 10.8 Å². The van der Waals surface area contributed by atoms with E-state index in [9.17, 15) is 33.9 Å². The summed E-state index contributed by atoms with van der Waals surface area (Å²) in [6.45, 7) is 16.1. The predicted molar refractivity (Wildman–Crippen MR) is 158 cm³/mol. The first kappa shape index (κ1) is 36.6. The van der Waals surface area contributed by atoms with E-state index in [2.05, 4.69) is 26.6 Å². The first-order valence-electron chi connectivity index (χ1n) is 14.8. The number of hydrogen-bond acceptors (Lipinski definition) is 6. The SMILES string of the molecule is CCC(CC)NC(=O)NC(C(=O)NC(CC(=O)N1CCCC1)C(=O)NC(CC(=O)O)C(=O)NCC(C)(C)C)C(C)(C)C. The van der Waals surface area contributed by atoms with E-state index in [4.69, 9.17) is 0 Å². The minimum Gasteiger partial charge on any atom is -0.481 e. The molecule has 3 unspecified atom stereocenters. The number of carbonyl (C=O) groups is 6. The highest BCUT2D eigenvalue weighted by molar-refractivity contribution is 5.97. The van der Waals surface area contributed by atoms with E-state index in [0.29, 0.717) is 25.9 Å². The second-order valence-electron chi connectivity index (χ2n) is 13.2. The van der Waals surface area contributed by atoms with E-state index in [0.717, 1.165) is 12.8 Å². The van der Waals surface area contributed by atoms with Crippen molar-refractivity contribution in [3.05, 3.63) is 0 Å². The fraction of sp³-hybridized carbons (Fsp3) is 0.793. The Morgan fingerprint density at radius 2 is 1.26 bits per heavy atom. The molecule has 6 amide bonds. The summed E-state index contributed by atoms with van der Waals surface area (Å²) >= 11 is 0. The summed E-state index contributed by atoms with van der Waals surface area (Å²) in [5.41, 5.74) is -1.06. The number of hydrogen-bond donors (Lipinski definition) is 6. The molecule has 1 aliphatic rings. The van der Waals surface area contributed by atoms with Gasteiger partial charge in [-0.1, -0.05) is 55.4 Å². The summed E-state index contributed by atoms with van der Waals surface area (Å²) in [5, 5.41) is 22.6. The summed E-state index contributed by atoms with van der Waals surface area (Å²) in [6, 6.07) is -4.54. The van der Waals surface area contributed by atoms with Crippen molar-refractivity contribution in [2.75, 3.05) is 19.6 Å². The number of likely N-dealkylation sites (tertiary alicyclic amines) is 1. The van der Waals surface area contributed by atoms with Gasteiger partial charge in [0.25, 0.3) is 0 Å². The van der Waals surface area contributed by atoms with Crippen LogP contribution in [0.15, 0.2) is 0 Å². The van der Waals surface area contributed by atoms with E-state index < -0.39 is 66.1 Å². The predicted octanol–water partition coefficient (Wildman–Crippen LogP) is 1.51. The molecule has 0 saturated carbocycles. The Bertz CT molecular complexity index is 963. The van der Waals surface area contributed by atoms with Crippen molar-refractivity contribution in [2.45, 2.75) is 118 Å². The van der Waals surface area contributed by atoms with Crippen LogP contribution in [0, 0.1) is 10.8 Å². The van der Waals surface area contributed by atoms with Crippen molar-refractivity contribution < 1.29 is 33.9 Å². The van der Waals surface area contributed by atoms with Crippen molar-refractivity contribution in [3.63, 3.8) is 0 Å².